The van der Waals surface area contributed by atoms with Crippen LogP contribution in [0.1, 0.15) is 39.5 Å². The summed E-state index contributed by atoms with van der Waals surface area (Å²) in [6.07, 6.45) is 7.55. The molecule has 1 nitrogen and oxygen atoms in total. The Kier molecular flexibility index (Phi) is 2.43. The molecule has 72 valence electrons. The Morgan fingerprint density at radius 1 is 1.31 bits per heavy atom. The summed E-state index contributed by atoms with van der Waals surface area (Å²) in [5, 5.41) is 3.56. The molecule has 0 saturated carbocycles. The van der Waals surface area contributed by atoms with Crippen molar-refractivity contribution in [2.45, 2.75) is 39.5 Å². The van der Waals surface area contributed by atoms with E-state index in [9.17, 15) is 0 Å². The maximum Gasteiger partial charge on any atom is 0.0364 e. The van der Waals surface area contributed by atoms with Crippen LogP contribution in [0.15, 0.2) is 22.9 Å². The van der Waals surface area contributed by atoms with Gasteiger partial charge in [-0.05, 0) is 42.7 Å². The number of rotatable bonds is 1. The van der Waals surface area contributed by atoms with E-state index in [1.54, 1.807) is 11.1 Å². The predicted molar refractivity (Wildman–Crippen MR) is 56.4 cm³/mol. The van der Waals surface area contributed by atoms with Gasteiger partial charge >= 0.3 is 0 Å². The van der Waals surface area contributed by atoms with Crippen molar-refractivity contribution in [3.05, 3.63) is 22.9 Å². The molecule has 0 unspecified atom stereocenters. The number of nitrogens with one attached hydrogen (secondary N) is 1. The standard InChI is InChI=1S/C12H19N/c1-9(2)11-7-3-5-10-6-4-8-13-12(10)11/h5,9,13H,3-4,6-8H2,1-2H3. The Hall–Kier alpha value is -0.720. The Morgan fingerprint density at radius 2 is 2.15 bits per heavy atom. The van der Waals surface area contributed by atoms with Gasteiger partial charge in [-0.15, -0.1) is 0 Å². The van der Waals surface area contributed by atoms with Gasteiger partial charge < -0.3 is 5.32 Å². The third kappa shape index (κ3) is 1.65. The zero-order valence-electron chi connectivity index (χ0n) is 8.69. The van der Waals surface area contributed by atoms with Gasteiger partial charge in [-0.25, -0.2) is 0 Å². The van der Waals surface area contributed by atoms with E-state index in [0.717, 1.165) is 0 Å². The van der Waals surface area contributed by atoms with Crippen molar-refractivity contribution in [2.24, 2.45) is 5.92 Å². The molecule has 0 radical (unpaired) electrons. The lowest BCUT2D eigenvalue weighted by Crippen LogP contribution is -2.26. The Bertz CT molecular complexity index is 258. The van der Waals surface area contributed by atoms with Gasteiger partial charge in [0.05, 0.1) is 0 Å². The Morgan fingerprint density at radius 3 is 2.92 bits per heavy atom. The zero-order chi connectivity index (χ0) is 9.26. The number of allylic oxidation sites excluding steroid dienone is 3. The first kappa shape index (κ1) is 8.86. The smallest absolute Gasteiger partial charge is 0.0364 e. The number of hydrogen-bond acceptors (Lipinski definition) is 1. The molecule has 1 heteroatoms. The molecule has 0 aromatic rings. The summed E-state index contributed by atoms with van der Waals surface area (Å²) in [7, 11) is 0. The lowest BCUT2D eigenvalue weighted by Gasteiger charge is -2.29. The normalized spacial score (nSPS) is 22.5. The van der Waals surface area contributed by atoms with Crippen LogP contribution in [-0.4, -0.2) is 6.54 Å². The second kappa shape index (κ2) is 3.57. The van der Waals surface area contributed by atoms with E-state index in [-0.39, 0.29) is 0 Å². The van der Waals surface area contributed by atoms with Gasteiger partial charge in [0.1, 0.15) is 0 Å². The monoisotopic (exact) mass is 177 g/mol. The topological polar surface area (TPSA) is 12.0 Å². The van der Waals surface area contributed by atoms with E-state index in [4.69, 9.17) is 0 Å². The van der Waals surface area contributed by atoms with Crippen LogP contribution in [0.3, 0.4) is 0 Å². The molecule has 0 amide bonds. The molecule has 1 aliphatic carbocycles. The summed E-state index contributed by atoms with van der Waals surface area (Å²) in [6, 6.07) is 0. The van der Waals surface area contributed by atoms with Crippen LogP contribution in [0.25, 0.3) is 0 Å². The molecule has 0 spiro atoms. The first-order chi connectivity index (χ1) is 6.29. The third-order valence-corrected chi connectivity index (χ3v) is 3.07. The molecule has 13 heavy (non-hydrogen) atoms. The number of hydrogen-bond donors (Lipinski definition) is 1. The predicted octanol–water partition coefficient (Wildman–Crippen LogP) is 3.00. The molecular weight excluding hydrogens is 158 g/mol. The van der Waals surface area contributed by atoms with Crippen LogP contribution < -0.4 is 5.32 Å². The average Bonchev–Trinajstić information content (AvgIpc) is 2.17. The molecular formula is C12H19N. The zero-order valence-corrected chi connectivity index (χ0v) is 8.69. The molecule has 1 aliphatic heterocycles. The van der Waals surface area contributed by atoms with Gasteiger partial charge in [0.25, 0.3) is 0 Å². The third-order valence-electron chi connectivity index (χ3n) is 3.07. The van der Waals surface area contributed by atoms with Crippen molar-refractivity contribution < 1.29 is 0 Å². The summed E-state index contributed by atoms with van der Waals surface area (Å²) in [5.41, 5.74) is 4.73. The van der Waals surface area contributed by atoms with Gasteiger partial charge in [-0.1, -0.05) is 19.9 Å². The second-order valence-electron chi connectivity index (χ2n) is 4.35. The van der Waals surface area contributed by atoms with Crippen LogP contribution in [0.4, 0.5) is 0 Å². The van der Waals surface area contributed by atoms with Gasteiger partial charge in [0.15, 0.2) is 0 Å². The molecule has 1 N–H and O–H groups in total. The van der Waals surface area contributed by atoms with Crippen LogP contribution in [-0.2, 0) is 0 Å². The fraction of sp³-hybridized carbons (Fsp3) is 0.667. The van der Waals surface area contributed by atoms with Crippen molar-refractivity contribution in [2.75, 3.05) is 6.54 Å². The molecule has 1 saturated heterocycles. The van der Waals surface area contributed by atoms with Crippen LogP contribution >= 0.6 is 0 Å². The molecule has 0 aromatic heterocycles. The molecule has 0 atom stereocenters. The minimum absolute atomic E-state index is 0.712. The number of fused-ring (bicyclic) bond motifs is 1. The maximum absolute atomic E-state index is 3.56. The van der Waals surface area contributed by atoms with Gasteiger partial charge in [-0.2, -0.15) is 0 Å². The highest BCUT2D eigenvalue weighted by Gasteiger charge is 2.20. The van der Waals surface area contributed by atoms with Crippen molar-refractivity contribution in [1.82, 2.24) is 5.32 Å². The van der Waals surface area contributed by atoms with Crippen LogP contribution in [0, 0.1) is 5.92 Å². The van der Waals surface area contributed by atoms with Crippen molar-refractivity contribution in [3.8, 4) is 0 Å². The lowest BCUT2D eigenvalue weighted by molar-refractivity contribution is 0.604. The van der Waals surface area contributed by atoms with Crippen molar-refractivity contribution in [3.63, 3.8) is 0 Å². The lowest BCUT2D eigenvalue weighted by atomic mass is 9.85. The van der Waals surface area contributed by atoms with Gasteiger partial charge in [0.2, 0.25) is 0 Å². The van der Waals surface area contributed by atoms with Crippen LogP contribution in [0.5, 0.6) is 0 Å². The first-order valence-corrected chi connectivity index (χ1v) is 5.45. The summed E-state index contributed by atoms with van der Waals surface area (Å²) in [6.45, 7) is 5.78. The summed E-state index contributed by atoms with van der Waals surface area (Å²) in [5.74, 6) is 0.712. The fourth-order valence-electron chi connectivity index (χ4n) is 2.36. The van der Waals surface area contributed by atoms with Gasteiger partial charge in [0, 0.05) is 12.2 Å². The highest BCUT2D eigenvalue weighted by atomic mass is 14.9. The SMILES string of the molecule is CC(C)C1=C2NCCCC2=CCC1. The Balaban J connectivity index is 2.30. The molecule has 2 rings (SSSR count). The van der Waals surface area contributed by atoms with E-state index in [1.165, 1.54) is 37.9 Å². The van der Waals surface area contributed by atoms with Crippen molar-refractivity contribution >= 4 is 0 Å². The largest absolute Gasteiger partial charge is 0.385 e. The van der Waals surface area contributed by atoms with Gasteiger partial charge in [-0.3, -0.25) is 0 Å². The molecule has 0 aromatic carbocycles. The summed E-state index contributed by atoms with van der Waals surface area (Å²) >= 11 is 0. The number of piperidine rings is 1. The molecule has 2 aliphatic rings. The molecule has 1 fully saturated rings. The van der Waals surface area contributed by atoms with E-state index >= 15 is 0 Å². The average molecular weight is 177 g/mol. The van der Waals surface area contributed by atoms with Crippen molar-refractivity contribution in [1.29, 1.82) is 0 Å². The quantitative estimate of drug-likeness (QED) is 0.649. The molecule has 1 heterocycles. The first-order valence-electron chi connectivity index (χ1n) is 5.45. The summed E-state index contributed by atoms with van der Waals surface area (Å²) < 4.78 is 0. The summed E-state index contributed by atoms with van der Waals surface area (Å²) in [4.78, 5) is 0. The van der Waals surface area contributed by atoms with E-state index in [1.807, 2.05) is 0 Å². The van der Waals surface area contributed by atoms with E-state index in [0.29, 0.717) is 5.92 Å². The minimum Gasteiger partial charge on any atom is -0.385 e. The fourth-order valence-corrected chi connectivity index (χ4v) is 2.36. The molecule has 0 bridgehead atoms. The van der Waals surface area contributed by atoms with E-state index in [2.05, 4.69) is 25.2 Å². The maximum atomic E-state index is 3.56. The minimum atomic E-state index is 0.712. The van der Waals surface area contributed by atoms with Crippen LogP contribution in [0.2, 0.25) is 0 Å². The van der Waals surface area contributed by atoms with E-state index < -0.39 is 0 Å². The Labute approximate surface area is 80.9 Å². The highest BCUT2D eigenvalue weighted by Crippen LogP contribution is 2.32. The second-order valence-corrected chi connectivity index (χ2v) is 4.35. The highest BCUT2D eigenvalue weighted by molar-refractivity contribution is 5.39.